The second kappa shape index (κ2) is 7.32. The van der Waals surface area contributed by atoms with Gasteiger partial charge >= 0.3 is 0 Å². The van der Waals surface area contributed by atoms with E-state index >= 15 is 0 Å². The highest BCUT2D eigenvalue weighted by molar-refractivity contribution is 5.80. The highest BCUT2D eigenvalue weighted by atomic mass is 16.3. The molecule has 3 N–H and O–H groups in total. The van der Waals surface area contributed by atoms with Gasteiger partial charge in [0.1, 0.15) is 5.75 Å². The molecule has 3 fully saturated rings. The Morgan fingerprint density at radius 2 is 1.94 bits per heavy atom. The van der Waals surface area contributed by atoms with E-state index in [-0.39, 0.29) is 23.6 Å². The molecule has 2 saturated carbocycles. The molecule has 168 valence electrons. The highest BCUT2D eigenvalue weighted by Crippen LogP contribution is 2.62. The first-order chi connectivity index (χ1) is 15.5. The van der Waals surface area contributed by atoms with Gasteiger partial charge in [0, 0.05) is 30.5 Å². The summed E-state index contributed by atoms with van der Waals surface area (Å²) in [4.78, 5) is 15.8. The fourth-order valence-corrected chi connectivity index (χ4v) is 6.94. The Kier molecular flexibility index (Phi) is 4.63. The van der Waals surface area contributed by atoms with Gasteiger partial charge in [0.25, 0.3) is 0 Å². The molecule has 2 aromatic carbocycles. The van der Waals surface area contributed by atoms with E-state index in [1.54, 1.807) is 6.07 Å². The van der Waals surface area contributed by atoms with Crippen LogP contribution in [-0.4, -0.2) is 45.8 Å². The number of hydrogen-bond acceptors (Lipinski definition) is 4. The molecule has 32 heavy (non-hydrogen) atoms. The lowest BCUT2D eigenvalue weighted by Gasteiger charge is -2.59. The molecular weight excluding hydrogens is 400 g/mol. The number of carbonyl (C=O) groups is 1. The highest BCUT2D eigenvalue weighted by Gasteiger charge is 2.68. The van der Waals surface area contributed by atoms with Crippen LogP contribution >= 0.6 is 0 Å². The molecule has 4 atom stereocenters. The lowest BCUT2D eigenvalue weighted by molar-refractivity contribution is -0.134. The van der Waals surface area contributed by atoms with Crippen molar-refractivity contribution in [2.45, 2.75) is 62.1 Å². The van der Waals surface area contributed by atoms with Crippen LogP contribution in [0.25, 0.3) is 0 Å². The smallest absolute Gasteiger partial charge is 0.223 e. The summed E-state index contributed by atoms with van der Waals surface area (Å²) < 4.78 is 0. The van der Waals surface area contributed by atoms with Crippen LogP contribution in [0.5, 0.6) is 5.75 Å². The van der Waals surface area contributed by atoms with Crippen molar-refractivity contribution >= 4 is 5.91 Å². The molecule has 1 saturated heterocycles. The van der Waals surface area contributed by atoms with Crippen LogP contribution in [0.15, 0.2) is 48.5 Å². The molecule has 1 aliphatic heterocycles. The summed E-state index contributed by atoms with van der Waals surface area (Å²) in [6.07, 6.45) is 5.36. The lowest BCUT2D eigenvalue weighted by Crippen LogP contribution is -2.69. The zero-order chi connectivity index (χ0) is 21.9. The number of hydrogen-bond donors (Lipinski definition) is 3. The van der Waals surface area contributed by atoms with Crippen molar-refractivity contribution in [3.63, 3.8) is 0 Å². The Labute approximate surface area is 189 Å². The molecule has 3 aliphatic carbocycles. The Balaban J connectivity index is 1.32. The first-order valence-corrected chi connectivity index (χ1v) is 12.1. The van der Waals surface area contributed by atoms with E-state index in [2.05, 4.69) is 10.2 Å². The molecule has 0 radical (unpaired) electrons. The molecule has 6 rings (SSSR count). The SMILES string of the molecule is O=C(NCc1ccccc1)[C@H]1C[C@]23CCN(CC4CC4)[C@H](Cc4ccc(O)cc42)[C@]3(O)C1. The quantitative estimate of drug-likeness (QED) is 0.679. The van der Waals surface area contributed by atoms with Gasteiger partial charge in [-0.2, -0.15) is 0 Å². The van der Waals surface area contributed by atoms with Crippen molar-refractivity contribution in [2.75, 3.05) is 13.1 Å². The van der Waals surface area contributed by atoms with E-state index in [0.29, 0.717) is 19.4 Å². The van der Waals surface area contributed by atoms with Crippen molar-refractivity contribution in [3.05, 3.63) is 65.2 Å². The summed E-state index contributed by atoms with van der Waals surface area (Å²) in [7, 11) is 0. The number of aromatic hydroxyl groups is 1. The van der Waals surface area contributed by atoms with Gasteiger partial charge in [-0.1, -0.05) is 36.4 Å². The minimum absolute atomic E-state index is 0.0344. The standard InChI is InChI=1S/C27H32N2O3/c30-22-9-8-20-12-24-27(32)15-21(25(31)28-16-18-4-2-1-3-5-18)14-26(27,23(20)13-22)10-11-29(24)17-19-6-7-19/h1-5,8-9,13,19,21,24,30,32H,6-7,10-12,14-17H2,(H,28,31)/t21-,24+,26+,27+/m0/s1. The van der Waals surface area contributed by atoms with E-state index in [1.165, 1.54) is 18.4 Å². The number of likely N-dealkylation sites (tertiary alicyclic amines) is 1. The first kappa shape index (κ1) is 20.3. The Hall–Kier alpha value is -2.37. The van der Waals surface area contributed by atoms with Crippen LogP contribution in [0.2, 0.25) is 0 Å². The fourth-order valence-electron chi connectivity index (χ4n) is 6.94. The van der Waals surface area contributed by atoms with Gasteiger partial charge in [-0.15, -0.1) is 0 Å². The number of aliphatic hydroxyl groups is 1. The second-order valence-corrected chi connectivity index (χ2v) is 10.6. The Morgan fingerprint density at radius 1 is 1.12 bits per heavy atom. The average molecular weight is 433 g/mol. The van der Waals surface area contributed by atoms with E-state index in [1.807, 2.05) is 42.5 Å². The molecule has 0 aromatic heterocycles. The molecule has 2 aromatic rings. The summed E-state index contributed by atoms with van der Waals surface area (Å²) in [5.74, 6) is 0.822. The van der Waals surface area contributed by atoms with Crippen LogP contribution in [0.3, 0.4) is 0 Å². The number of piperidine rings is 1. The van der Waals surface area contributed by atoms with E-state index in [9.17, 15) is 15.0 Å². The summed E-state index contributed by atoms with van der Waals surface area (Å²) in [6.45, 7) is 2.52. The van der Waals surface area contributed by atoms with Crippen molar-refractivity contribution in [1.29, 1.82) is 0 Å². The largest absolute Gasteiger partial charge is 0.508 e. The molecule has 5 heteroatoms. The zero-order valence-electron chi connectivity index (χ0n) is 18.5. The van der Waals surface area contributed by atoms with Crippen LogP contribution in [0, 0.1) is 11.8 Å². The molecule has 0 spiro atoms. The number of fused-ring (bicyclic) bond motifs is 1. The minimum Gasteiger partial charge on any atom is -0.508 e. The van der Waals surface area contributed by atoms with E-state index in [4.69, 9.17) is 0 Å². The summed E-state index contributed by atoms with van der Waals surface area (Å²) in [5, 5.41) is 25.7. The molecule has 5 nitrogen and oxygen atoms in total. The number of phenols is 1. The number of nitrogens with one attached hydrogen (secondary N) is 1. The molecule has 1 amide bonds. The zero-order valence-corrected chi connectivity index (χ0v) is 18.5. The maximum atomic E-state index is 13.3. The van der Waals surface area contributed by atoms with Crippen LogP contribution in [-0.2, 0) is 23.2 Å². The first-order valence-electron chi connectivity index (χ1n) is 12.1. The molecule has 2 bridgehead atoms. The number of phenolic OH excluding ortho intramolecular Hbond substituents is 1. The number of amides is 1. The monoisotopic (exact) mass is 432 g/mol. The van der Waals surface area contributed by atoms with Gasteiger partial charge in [0.05, 0.1) is 5.60 Å². The summed E-state index contributed by atoms with van der Waals surface area (Å²) in [6, 6.07) is 15.7. The number of carbonyl (C=O) groups excluding carboxylic acids is 1. The lowest BCUT2D eigenvalue weighted by atomic mass is 9.56. The molecule has 0 unspecified atom stereocenters. The Bertz CT molecular complexity index is 1040. The average Bonchev–Trinajstić information content (AvgIpc) is 3.54. The van der Waals surface area contributed by atoms with Crippen LogP contribution in [0.4, 0.5) is 0 Å². The topological polar surface area (TPSA) is 72.8 Å². The van der Waals surface area contributed by atoms with Crippen molar-refractivity contribution < 1.29 is 15.0 Å². The number of benzene rings is 2. The third-order valence-corrected chi connectivity index (χ3v) is 8.69. The molecular formula is C27H32N2O3. The van der Waals surface area contributed by atoms with Gasteiger partial charge in [-0.25, -0.2) is 0 Å². The third kappa shape index (κ3) is 3.09. The predicted molar refractivity (Wildman–Crippen MR) is 122 cm³/mol. The normalized spacial score (nSPS) is 33.4. The van der Waals surface area contributed by atoms with Gasteiger partial charge < -0.3 is 15.5 Å². The van der Waals surface area contributed by atoms with Crippen LogP contribution < -0.4 is 5.32 Å². The number of rotatable bonds is 5. The summed E-state index contributed by atoms with van der Waals surface area (Å²) >= 11 is 0. The van der Waals surface area contributed by atoms with E-state index < -0.39 is 11.0 Å². The predicted octanol–water partition coefficient (Wildman–Crippen LogP) is 3.13. The fraction of sp³-hybridized carbons (Fsp3) is 0.519. The maximum absolute atomic E-state index is 13.3. The molecule has 4 aliphatic rings. The third-order valence-electron chi connectivity index (χ3n) is 8.69. The van der Waals surface area contributed by atoms with Crippen molar-refractivity contribution in [1.82, 2.24) is 10.2 Å². The Morgan fingerprint density at radius 3 is 2.72 bits per heavy atom. The van der Waals surface area contributed by atoms with Crippen molar-refractivity contribution in [3.8, 4) is 5.75 Å². The second-order valence-electron chi connectivity index (χ2n) is 10.6. The maximum Gasteiger partial charge on any atom is 0.223 e. The summed E-state index contributed by atoms with van der Waals surface area (Å²) in [5.41, 5.74) is 1.98. The van der Waals surface area contributed by atoms with Crippen LogP contribution in [0.1, 0.15) is 48.8 Å². The minimum atomic E-state index is -0.935. The molecule has 1 heterocycles. The number of nitrogens with zero attached hydrogens (tertiary/aromatic N) is 1. The van der Waals surface area contributed by atoms with Gasteiger partial charge in [0.2, 0.25) is 5.91 Å². The van der Waals surface area contributed by atoms with Gasteiger partial charge in [-0.05, 0) is 79.8 Å². The van der Waals surface area contributed by atoms with Gasteiger partial charge in [-0.3, -0.25) is 9.69 Å². The van der Waals surface area contributed by atoms with E-state index in [0.717, 1.165) is 43.0 Å². The van der Waals surface area contributed by atoms with Crippen molar-refractivity contribution in [2.24, 2.45) is 11.8 Å². The van der Waals surface area contributed by atoms with Gasteiger partial charge in [0.15, 0.2) is 0 Å².